The molecular formula is C14H8F2N2O2S2. The summed E-state index contributed by atoms with van der Waals surface area (Å²) in [5.41, 5.74) is 1.21. The molecule has 0 saturated heterocycles. The average Bonchev–Trinajstić information content (AvgIpc) is 3.19. The first-order valence-corrected chi connectivity index (χ1v) is 8.23. The summed E-state index contributed by atoms with van der Waals surface area (Å²) in [6.07, 6.45) is 0.146. The van der Waals surface area contributed by atoms with Gasteiger partial charge in [0.05, 0.1) is 27.0 Å². The molecule has 0 spiro atoms. The Morgan fingerprint density at radius 3 is 2.55 bits per heavy atom. The third kappa shape index (κ3) is 1.94. The van der Waals surface area contributed by atoms with Crippen LogP contribution in [0.15, 0.2) is 39.5 Å². The maximum Gasteiger partial charge on any atom is 0.258 e. The normalized spacial score (nSPS) is 23.9. The van der Waals surface area contributed by atoms with Gasteiger partial charge in [-0.2, -0.15) is 0 Å². The van der Waals surface area contributed by atoms with Gasteiger partial charge in [0.1, 0.15) is 11.6 Å². The van der Waals surface area contributed by atoms with Gasteiger partial charge >= 0.3 is 0 Å². The lowest BCUT2D eigenvalue weighted by Gasteiger charge is -2.11. The maximum atomic E-state index is 13.3. The van der Waals surface area contributed by atoms with E-state index in [9.17, 15) is 18.4 Å². The van der Waals surface area contributed by atoms with Crippen LogP contribution in [0.3, 0.4) is 0 Å². The molecule has 2 amide bonds. The van der Waals surface area contributed by atoms with Crippen LogP contribution in [0.5, 0.6) is 0 Å². The van der Waals surface area contributed by atoms with E-state index >= 15 is 0 Å². The van der Waals surface area contributed by atoms with E-state index in [1.807, 2.05) is 0 Å². The highest BCUT2D eigenvalue weighted by Crippen LogP contribution is 2.42. The number of hydrogen-bond donors (Lipinski definition) is 2. The van der Waals surface area contributed by atoms with Crippen molar-refractivity contribution in [3.05, 3.63) is 50.2 Å². The van der Waals surface area contributed by atoms with Crippen molar-refractivity contribution >= 4 is 40.6 Å². The number of allylic oxidation sites excluding steroid dienone is 1. The Labute approximate surface area is 132 Å². The van der Waals surface area contributed by atoms with Gasteiger partial charge in [0, 0.05) is 22.9 Å². The third-order valence-corrected chi connectivity index (χ3v) is 5.63. The highest BCUT2D eigenvalue weighted by Gasteiger charge is 2.43. The molecule has 3 aliphatic rings. The molecule has 1 aromatic rings. The van der Waals surface area contributed by atoms with Crippen LogP contribution in [0.1, 0.15) is 11.3 Å². The van der Waals surface area contributed by atoms with Gasteiger partial charge in [-0.3, -0.25) is 9.59 Å². The van der Waals surface area contributed by atoms with Crippen molar-refractivity contribution in [2.24, 2.45) is 0 Å². The molecule has 0 saturated carbocycles. The van der Waals surface area contributed by atoms with E-state index < -0.39 is 17.6 Å². The first-order valence-electron chi connectivity index (χ1n) is 6.40. The van der Waals surface area contributed by atoms with Crippen molar-refractivity contribution in [2.45, 2.75) is 11.7 Å². The SMILES string of the molecule is O=C1NC(C2CC(F)=CS2)=C2C(=O)NC(c3cc(F)cs3)=C12. The monoisotopic (exact) mass is 338 g/mol. The van der Waals surface area contributed by atoms with Gasteiger partial charge in [0.15, 0.2) is 0 Å². The van der Waals surface area contributed by atoms with Gasteiger partial charge in [0.2, 0.25) is 0 Å². The van der Waals surface area contributed by atoms with Crippen LogP contribution in [0, 0.1) is 5.82 Å². The average molecular weight is 338 g/mol. The molecule has 4 nitrogen and oxygen atoms in total. The minimum atomic E-state index is -0.420. The number of rotatable bonds is 2. The number of carbonyl (C=O) groups excluding carboxylic acids is 2. The molecule has 4 heterocycles. The smallest absolute Gasteiger partial charge is 0.258 e. The Hall–Kier alpha value is -1.93. The van der Waals surface area contributed by atoms with E-state index in [-0.39, 0.29) is 28.6 Å². The van der Waals surface area contributed by atoms with Crippen molar-refractivity contribution in [3.8, 4) is 0 Å². The fourth-order valence-electron chi connectivity index (χ4n) is 2.68. The Morgan fingerprint density at radius 2 is 1.91 bits per heavy atom. The second-order valence-electron chi connectivity index (χ2n) is 4.97. The summed E-state index contributed by atoms with van der Waals surface area (Å²) < 4.78 is 26.5. The molecule has 0 radical (unpaired) electrons. The van der Waals surface area contributed by atoms with Crippen LogP contribution < -0.4 is 10.6 Å². The van der Waals surface area contributed by atoms with Crippen LogP contribution in [0.25, 0.3) is 5.70 Å². The summed E-state index contributed by atoms with van der Waals surface area (Å²) in [4.78, 5) is 24.9. The zero-order chi connectivity index (χ0) is 15.4. The zero-order valence-electron chi connectivity index (χ0n) is 10.9. The summed E-state index contributed by atoms with van der Waals surface area (Å²) in [6, 6.07) is 1.27. The van der Waals surface area contributed by atoms with Crippen LogP contribution in [0.2, 0.25) is 0 Å². The molecule has 1 aromatic heterocycles. The van der Waals surface area contributed by atoms with Gasteiger partial charge < -0.3 is 10.6 Å². The van der Waals surface area contributed by atoms with E-state index in [2.05, 4.69) is 10.6 Å². The fourth-order valence-corrected chi connectivity index (χ4v) is 4.41. The molecule has 4 rings (SSSR count). The largest absolute Gasteiger partial charge is 0.324 e. The van der Waals surface area contributed by atoms with Crippen LogP contribution in [-0.2, 0) is 9.59 Å². The second-order valence-corrected chi connectivity index (χ2v) is 6.96. The maximum absolute atomic E-state index is 13.3. The minimum absolute atomic E-state index is 0.146. The lowest BCUT2D eigenvalue weighted by molar-refractivity contribution is -0.117. The van der Waals surface area contributed by atoms with Crippen LogP contribution >= 0.6 is 23.1 Å². The number of amides is 2. The Bertz CT molecular complexity index is 823. The first kappa shape index (κ1) is 13.7. The Morgan fingerprint density at radius 1 is 1.14 bits per heavy atom. The Balaban J connectivity index is 1.81. The molecule has 8 heteroatoms. The lowest BCUT2D eigenvalue weighted by atomic mass is 10.1. The van der Waals surface area contributed by atoms with Crippen LogP contribution in [0.4, 0.5) is 8.78 Å². The molecule has 3 aliphatic heterocycles. The number of fused-ring (bicyclic) bond motifs is 1. The molecular weight excluding hydrogens is 330 g/mol. The first-order chi connectivity index (χ1) is 10.5. The van der Waals surface area contributed by atoms with E-state index in [0.717, 1.165) is 11.3 Å². The number of thiophene rings is 1. The Kier molecular flexibility index (Phi) is 2.98. The lowest BCUT2D eigenvalue weighted by Crippen LogP contribution is -2.26. The molecule has 2 N–H and O–H groups in total. The van der Waals surface area contributed by atoms with Crippen molar-refractivity contribution in [1.82, 2.24) is 10.6 Å². The molecule has 0 fully saturated rings. The molecule has 1 atom stereocenters. The number of thioether (sulfide) groups is 1. The summed E-state index contributed by atoms with van der Waals surface area (Å²) >= 11 is 2.34. The minimum Gasteiger partial charge on any atom is -0.324 e. The number of halogens is 2. The molecule has 22 heavy (non-hydrogen) atoms. The standard InChI is InChI=1S/C14H8F2N2O2S2/c15-5-1-7(21-3-5)11-9-10(14(20)17-11)12(18-13(9)19)8-2-6(16)4-22-8/h1,3-4,8H,2H2,(H,17,20)(H,18,19). The summed E-state index contributed by atoms with van der Waals surface area (Å²) in [5, 5.41) is 7.66. The quantitative estimate of drug-likeness (QED) is 0.871. The van der Waals surface area contributed by atoms with Gasteiger partial charge in [-0.05, 0) is 6.07 Å². The topological polar surface area (TPSA) is 58.2 Å². The van der Waals surface area contributed by atoms with E-state index in [1.54, 1.807) is 0 Å². The number of nitrogens with one attached hydrogen (secondary N) is 2. The van der Waals surface area contributed by atoms with E-state index in [1.165, 1.54) is 28.6 Å². The van der Waals surface area contributed by atoms with Crippen molar-refractivity contribution in [3.63, 3.8) is 0 Å². The second kappa shape index (κ2) is 4.79. The highest BCUT2D eigenvalue weighted by molar-refractivity contribution is 8.03. The third-order valence-electron chi connectivity index (χ3n) is 3.59. The fraction of sp³-hybridized carbons (Fsp3) is 0.143. The predicted molar refractivity (Wildman–Crippen MR) is 79.7 cm³/mol. The molecule has 0 aromatic carbocycles. The molecule has 0 bridgehead atoms. The van der Waals surface area contributed by atoms with Crippen molar-refractivity contribution in [2.75, 3.05) is 0 Å². The summed E-state index contributed by atoms with van der Waals surface area (Å²) in [7, 11) is 0. The highest BCUT2D eigenvalue weighted by atomic mass is 32.2. The summed E-state index contributed by atoms with van der Waals surface area (Å²) in [5.74, 6) is -1.52. The van der Waals surface area contributed by atoms with Crippen LogP contribution in [-0.4, -0.2) is 17.1 Å². The molecule has 112 valence electrons. The van der Waals surface area contributed by atoms with Crippen molar-refractivity contribution < 1.29 is 18.4 Å². The van der Waals surface area contributed by atoms with Crippen molar-refractivity contribution in [1.29, 1.82) is 0 Å². The van der Waals surface area contributed by atoms with E-state index in [0.29, 0.717) is 16.3 Å². The molecule has 1 unspecified atom stereocenters. The summed E-state index contributed by atoms with van der Waals surface area (Å²) in [6.45, 7) is 0. The predicted octanol–water partition coefficient (Wildman–Crippen LogP) is 2.43. The molecule has 0 aliphatic carbocycles. The van der Waals surface area contributed by atoms with Gasteiger partial charge in [0.25, 0.3) is 11.8 Å². The van der Waals surface area contributed by atoms with Gasteiger partial charge in [-0.1, -0.05) is 0 Å². The number of hydrogen-bond acceptors (Lipinski definition) is 4. The zero-order valence-corrected chi connectivity index (χ0v) is 12.5. The van der Waals surface area contributed by atoms with Gasteiger partial charge in [-0.25, -0.2) is 8.78 Å². The van der Waals surface area contributed by atoms with Gasteiger partial charge in [-0.15, -0.1) is 23.1 Å². The number of carbonyl (C=O) groups is 2. The van der Waals surface area contributed by atoms with E-state index in [4.69, 9.17) is 0 Å².